The van der Waals surface area contributed by atoms with Gasteiger partial charge in [-0.1, -0.05) is 25.4 Å². The molecule has 0 saturated carbocycles. The number of nitrogens with one attached hydrogen (secondary N) is 1. The molecule has 0 heterocycles. The Kier molecular flexibility index (Phi) is 5.76. The van der Waals surface area contributed by atoms with E-state index in [9.17, 15) is 17.9 Å². The van der Waals surface area contributed by atoms with Crippen LogP contribution in [-0.4, -0.2) is 26.2 Å². The third-order valence-electron chi connectivity index (χ3n) is 2.64. The SMILES string of the molecule is CC(C)CC(CO)NS(=O)(=O)c1cc(N)c(F)cc1Cl. The number of aliphatic hydroxyl groups is 1. The number of nitrogens with two attached hydrogens (primary N) is 1. The molecule has 1 aromatic rings. The van der Waals surface area contributed by atoms with Crippen molar-refractivity contribution in [2.45, 2.75) is 31.2 Å². The second-order valence-electron chi connectivity index (χ2n) is 4.93. The van der Waals surface area contributed by atoms with E-state index in [0.717, 1.165) is 12.1 Å². The summed E-state index contributed by atoms with van der Waals surface area (Å²) in [5, 5.41) is 8.95. The van der Waals surface area contributed by atoms with Crippen molar-refractivity contribution in [1.29, 1.82) is 0 Å². The molecule has 8 heteroatoms. The maximum Gasteiger partial charge on any atom is 0.242 e. The van der Waals surface area contributed by atoms with Gasteiger partial charge in [0.1, 0.15) is 10.7 Å². The van der Waals surface area contributed by atoms with Gasteiger partial charge in [0.25, 0.3) is 0 Å². The molecule has 5 nitrogen and oxygen atoms in total. The van der Waals surface area contributed by atoms with Gasteiger partial charge in [-0.25, -0.2) is 17.5 Å². The van der Waals surface area contributed by atoms with E-state index < -0.39 is 21.9 Å². The Morgan fingerprint density at radius 2 is 2.05 bits per heavy atom. The molecule has 0 bridgehead atoms. The largest absolute Gasteiger partial charge is 0.396 e. The van der Waals surface area contributed by atoms with Gasteiger partial charge in [-0.2, -0.15) is 0 Å². The highest BCUT2D eigenvalue weighted by Crippen LogP contribution is 2.26. The number of sulfonamides is 1. The third kappa shape index (κ3) is 4.31. The Labute approximate surface area is 123 Å². The molecule has 0 aromatic heterocycles. The van der Waals surface area contributed by atoms with Gasteiger partial charge in [0.05, 0.1) is 17.3 Å². The van der Waals surface area contributed by atoms with E-state index in [1.807, 2.05) is 13.8 Å². The number of nitrogen functional groups attached to an aromatic ring is 1. The monoisotopic (exact) mass is 324 g/mol. The Morgan fingerprint density at radius 3 is 2.55 bits per heavy atom. The lowest BCUT2D eigenvalue weighted by atomic mass is 10.1. The first-order valence-corrected chi connectivity index (χ1v) is 7.91. The lowest BCUT2D eigenvalue weighted by molar-refractivity contribution is 0.240. The highest BCUT2D eigenvalue weighted by atomic mass is 35.5. The topological polar surface area (TPSA) is 92.4 Å². The fourth-order valence-corrected chi connectivity index (χ4v) is 3.55. The van der Waals surface area contributed by atoms with Crippen molar-refractivity contribution in [3.05, 3.63) is 23.0 Å². The number of aliphatic hydroxyl groups excluding tert-OH is 1. The minimum atomic E-state index is -3.98. The van der Waals surface area contributed by atoms with E-state index in [1.165, 1.54) is 0 Å². The Bertz CT molecular complexity index is 578. The van der Waals surface area contributed by atoms with E-state index in [4.69, 9.17) is 17.3 Å². The molecule has 0 spiro atoms. The first kappa shape index (κ1) is 17.2. The Hall–Kier alpha value is -0.890. The maximum absolute atomic E-state index is 13.2. The van der Waals surface area contributed by atoms with Crippen molar-refractivity contribution in [1.82, 2.24) is 4.72 Å². The highest BCUT2D eigenvalue weighted by molar-refractivity contribution is 7.89. The van der Waals surface area contributed by atoms with Gasteiger partial charge in [0.2, 0.25) is 10.0 Å². The van der Waals surface area contributed by atoms with Crippen LogP contribution in [0.1, 0.15) is 20.3 Å². The highest BCUT2D eigenvalue weighted by Gasteiger charge is 2.24. The summed E-state index contributed by atoms with van der Waals surface area (Å²) in [6, 6.07) is 1.17. The van der Waals surface area contributed by atoms with Crippen molar-refractivity contribution in [3.63, 3.8) is 0 Å². The Morgan fingerprint density at radius 1 is 1.45 bits per heavy atom. The van der Waals surface area contributed by atoms with E-state index >= 15 is 0 Å². The number of hydrogen-bond acceptors (Lipinski definition) is 4. The predicted octanol–water partition coefficient (Wildman–Crippen LogP) is 1.75. The van der Waals surface area contributed by atoms with E-state index in [1.54, 1.807) is 0 Å². The standard InChI is InChI=1S/C12H18ClFN2O3S/c1-7(2)3-8(6-17)16-20(18,19)12-5-11(15)10(14)4-9(12)13/h4-5,7-8,16-17H,3,6,15H2,1-2H3. The fraction of sp³-hybridized carbons (Fsp3) is 0.500. The quantitative estimate of drug-likeness (QED) is 0.695. The summed E-state index contributed by atoms with van der Waals surface area (Å²) in [5.41, 5.74) is 5.05. The zero-order valence-corrected chi connectivity index (χ0v) is 12.8. The summed E-state index contributed by atoms with van der Waals surface area (Å²) in [5.74, 6) is -0.585. The van der Waals surface area contributed by atoms with Gasteiger partial charge in [0, 0.05) is 6.04 Å². The summed E-state index contributed by atoms with van der Waals surface area (Å²) >= 11 is 5.74. The predicted molar refractivity (Wildman–Crippen MR) is 76.5 cm³/mol. The molecule has 0 radical (unpaired) electrons. The van der Waals surface area contributed by atoms with Gasteiger partial charge in [-0.05, 0) is 24.5 Å². The van der Waals surface area contributed by atoms with Crippen molar-refractivity contribution >= 4 is 27.3 Å². The number of anilines is 1. The molecule has 0 aliphatic carbocycles. The summed E-state index contributed by atoms with van der Waals surface area (Å²) < 4.78 is 39.9. The van der Waals surface area contributed by atoms with Gasteiger partial charge in [-0.3, -0.25) is 0 Å². The molecule has 0 aliphatic rings. The van der Waals surface area contributed by atoms with Crippen molar-refractivity contribution in [3.8, 4) is 0 Å². The maximum atomic E-state index is 13.2. The van der Waals surface area contributed by atoms with E-state index in [0.29, 0.717) is 6.42 Å². The van der Waals surface area contributed by atoms with Crippen LogP contribution < -0.4 is 10.5 Å². The number of halogens is 2. The number of rotatable bonds is 6. The molecule has 1 unspecified atom stereocenters. The minimum Gasteiger partial charge on any atom is -0.396 e. The second-order valence-corrected chi connectivity index (χ2v) is 7.02. The van der Waals surface area contributed by atoms with Crippen LogP contribution in [0.15, 0.2) is 17.0 Å². The summed E-state index contributed by atoms with van der Waals surface area (Å²) in [6.45, 7) is 3.46. The zero-order valence-electron chi connectivity index (χ0n) is 11.2. The van der Waals surface area contributed by atoms with Crippen LogP contribution in [0, 0.1) is 11.7 Å². The van der Waals surface area contributed by atoms with Crippen molar-refractivity contribution in [2.75, 3.05) is 12.3 Å². The summed E-state index contributed by atoms with van der Waals surface area (Å²) in [4.78, 5) is -0.305. The molecular formula is C12H18ClFN2O3S. The van der Waals surface area contributed by atoms with Crippen LogP contribution in [0.5, 0.6) is 0 Å². The number of hydrogen-bond donors (Lipinski definition) is 3. The second kappa shape index (κ2) is 6.71. The minimum absolute atomic E-state index is 0.198. The molecule has 1 rings (SSSR count). The molecular weight excluding hydrogens is 307 g/mol. The van der Waals surface area contributed by atoms with Crippen LogP contribution in [-0.2, 0) is 10.0 Å². The molecule has 20 heavy (non-hydrogen) atoms. The molecule has 114 valence electrons. The van der Waals surface area contributed by atoms with Crippen LogP contribution >= 0.6 is 11.6 Å². The normalized spacial score (nSPS) is 13.7. The molecule has 0 fully saturated rings. The van der Waals surface area contributed by atoms with Crippen molar-refractivity contribution < 1.29 is 17.9 Å². The molecule has 0 saturated heterocycles. The van der Waals surface area contributed by atoms with E-state index in [-0.39, 0.29) is 28.1 Å². The summed E-state index contributed by atoms with van der Waals surface area (Å²) in [7, 11) is -3.98. The third-order valence-corrected chi connectivity index (χ3v) is 4.62. The van der Waals surface area contributed by atoms with Crippen LogP contribution in [0.2, 0.25) is 5.02 Å². The first-order chi connectivity index (χ1) is 9.17. The van der Waals surface area contributed by atoms with Gasteiger partial charge in [0.15, 0.2) is 0 Å². The van der Waals surface area contributed by atoms with Gasteiger partial charge >= 0.3 is 0 Å². The lowest BCUT2D eigenvalue weighted by Crippen LogP contribution is -2.38. The van der Waals surface area contributed by atoms with E-state index in [2.05, 4.69) is 4.72 Å². The molecule has 1 aromatic carbocycles. The first-order valence-electron chi connectivity index (χ1n) is 6.05. The average Bonchev–Trinajstić information content (AvgIpc) is 2.31. The molecule has 4 N–H and O–H groups in total. The Balaban J connectivity index is 3.08. The smallest absolute Gasteiger partial charge is 0.242 e. The average molecular weight is 325 g/mol. The van der Waals surface area contributed by atoms with Crippen molar-refractivity contribution in [2.24, 2.45) is 5.92 Å². The van der Waals surface area contributed by atoms with Crippen LogP contribution in [0.4, 0.5) is 10.1 Å². The molecule has 0 amide bonds. The fourth-order valence-electron chi connectivity index (χ4n) is 1.76. The van der Waals surface area contributed by atoms with Gasteiger partial charge < -0.3 is 10.8 Å². The lowest BCUT2D eigenvalue weighted by Gasteiger charge is -2.19. The zero-order chi connectivity index (χ0) is 15.5. The van der Waals surface area contributed by atoms with Crippen LogP contribution in [0.25, 0.3) is 0 Å². The molecule has 1 atom stereocenters. The van der Waals surface area contributed by atoms with Crippen LogP contribution in [0.3, 0.4) is 0 Å². The van der Waals surface area contributed by atoms with Gasteiger partial charge in [-0.15, -0.1) is 0 Å². The molecule has 0 aliphatic heterocycles. The summed E-state index contributed by atoms with van der Waals surface area (Å²) in [6.07, 6.45) is 0.462. The number of benzene rings is 1.